The Kier molecular flexibility index (Phi) is 5.75. The van der Waals surface area contributed by atoms with Crippen LogP contribution in [0, 0.1) is 6.92 Å². The first-order valence-electron chi connectivity index (χ1n) is 10.5. The number of rotatable bonds is 5. The molecule has 160 valence electrons. The van der Waals surface area contributed by atoms with E-state index in [1.54, 1.807) is 12.1 Å². The van der Waals surface area contributed by atoms with Gasteiger partial charge < -0.3 is 15.7 Å². The van der Waals surface area contributed by atoms with E-state index in [4.69, 9.17) is 0 Å². The van der Waals surface area contributed by atoms with Crippen molar-refractivity contribution in [3.63, 3.8) is 0 Å². The van der Waals surface area contributed by atoms with Gasteiger partial charge >= 0.3 is 6.03 Å². The Balaban J connectivity index is 1.60. The minimum atomic E-state index is -0.286. The van der Waals surface area contributed by atoms with Gasteiger partial charge in [0.05, 0.1) is 11.4 Å². The second kappa shape index (κ2) is 8.63. The lowest BCUT2D eigenvalue weighted by Crippen LogP contribution is -2.31. The molecule has 1 heterocycles. The Hall–Kier alpha value is -3.61. The van der Waals surface area contributed by atoms with Gasteiger partial charge in [0.25, 0.3) is 0 Å². The van der Waals surface area contributed by atoms with E-state index >= 15 is 0 Å². The first kappa shape index (κ1) is 20.7. The molecule has 7 heteroatoms. The van der Waals surface area contributed by atoms with Gasteiger partial charge in [-0.2, -0.15) is 9.78 Å². The van der Waals surface area contributed by atoms with E-state index in [9.17, 15) is 14.7 Å². The standard InChI is InChI=1S/C24H26N4O3/c1-15-6-3-4-7-18(15)14-25-24(31)28-22(17-8-5-9-17)13-21(27-28)20-11-10-19(12-23(20)30)26-16(2)29/h3-4,6-7,10-13,17,30H,5,8-9,14H2,1-2H3,(H,25,31)(H,26,29). The molecule has 1 aliphatic carbocycles. The van der Waals surface area contributed by atoms with Crippen LogP contribution in [0.2, 0.25) is 0 Å². The minimum Gasteiger partial charge on any atom is -0.507 e. The molecule has 0 saturated heterocycles. The highest BCUT2D eigenvalue weighted by atomic mass is 16.3. The lowest BCUT2D eigenvalue weighted by atomic mass is 9.82. The molecule has 31 heavy (non-hydrogen) atoms. The number of carbonyl (C=O) groups is 2. The molecule has 1 saturated carbocycles. The molecule has 0 radical (unpaired) electrons. The van der Waals surface area contributed by atoms with Crippen LogP contribution in [0.25, 0.3) is 11.3 Å². The van der Waals surface area contributed by atoms with Crippen LogP contribution in [0.4, 0.5) is 10.5 Å². The third kappa shape index (κ3) is 4.45. The molecule has 0 bridgehead atoms. The molecule has 2 aromatic carbocycles. The van der Waals surface area contributed by atoms with E-state index in [0.29, 0.717) is 23.5 Å². The van der Waals surface area contributed by atoms with E-state index in [1.807, 2.05) is 37.3 Å². The highest BCUT2D eigenvalue weighted by Crippen LogP contribution is 2.39. The van der Waals surface area contributed by atoms with Crippen molar-refractivity contribution in [3.05, 3.63) is 65.4 Å². The van der Waals surface area contributed by atoms with Crippen molar-refractivity contribution >= 4 is 17.6 Å². The number of anilines is 1. The van der Waals surface area contributed by atoms with Crippen molar-refractivity contribution in [2.45, 2.75) is 45.6 Å². The zero-order valence-corrected chi connectivity index (χ0v) is 17.7. The van der Waals surface area contributed by atoms with Crippen LogP contribution < -0.4 is 10.6 Å². The van der Waals surface area contributed by atoms with Gasteiger partial charge in [-0.25, -0.2) is 4.79 Å². The van der Waals surface area contributed by atoms with Crippen LogP contribution in [-0.4, -0.2) is 26.8 Å². The zero-order valence-electron chi connectivity index (χ0n) is 17.7. The van der Waals surface area contributed by atoms with Gasteiger partial charge in [0, 0.05) is 36.7 Å². The molecular weight excluding hydrogens is 392 g/mol. The summed E-state index contributed by atoms with van der Waals surface area (Å²) in [5.41, 5.74) is 4.57. The smallest absolute Gasteiger partial charge is 0.342 e. The van der Waals surface area contributed by atoms with Gasteiger partial charge in [0.15, 0.2) is 0 Å². The first-order chi connectivity index (χ1) is 14.9. The van der Waals surface area contributed by atoms with Crippen molar-refractivity contribution in [2.75, 3.05) is 5.32 Å². The topological polar surface area (TPSA) is 96.3 Å². The molecule has 1 aromatic heterocycles. The third-order valence-corrected chi connectivity index (χ3v) is 5.74. The summed E-state index contributed by atoms with van der Waals surface area (Å²) >= 11 is 0. The maximum absolute atomic E-state index is 13.0. The summed E-state index contributed by atoms with van der Waals surface area (Å²) in [7, 11) is 0. The summed E-state index contributed by atoms with van der Waals surface area (Å²) in [5, 5.41) is 20.6. The molecule has 0 atom stereocenters. The van der Waals surface area contributed by atoms with Gasteiger partial charge in [-0.15, -0.1) is 0 Å². The van der Waals surface area contributed by atoms with Crippen molar-refractivity contribution in [2.24, 2.45) is 0 Å². The fourth-order valence-electron chi connectivity index (χ4n) is 3.77. The number of hydrogen-bond donors (Lipinski definition) is 3. The van der Waals surface area contributed by atoms with Crippen LogP contribution >= 0.6 is 0 Å². The highest BCUT2D eigenvalue weighted by Gasteiger charge is 2.27. The van der Waals surface area contributed by atoms with Crippen molar-refractivity contribution in [3.8, 4) is 17.0 Å². The van der Waals surface area contributed by atoms with Gasteiger partial charge in [-0.1, -0.05) is 30.7 Å². The minimum absolute atomic E-state index is 0.00335. The average molecular weight is 418 g/mol. The second-order valence-corrected chi connectivity index (χ2v) is 7.99. The van der Waals surface area contributed by atoms with Gasteiger partial charge in [0.2, 0.25) is 5.91 Å². The van der Waals surface area contributed by atoms with Crippen LogP contribution in [0.15, 0.2) is 48.5 Å². The SMILES string of the molecule is CC(=O)Nc1ccc(-c2cc(C3CCC3)n(C(=O)NCc3ccccc3C)n2)c(O)c1. The van der Waals surface area contributed by atoms with Gasteiger partial charge in [-0.3, -0.25) is 4.79 Å². The molecule has 3 aromatic rings. The lowest BCUT2D eigenvalue weighted by Gasteiger charge is -2.25. The number of nitrogens with one attached hydrogen (secondary N) is 2. The predicted octanol–water partition coefficient (Wildman–Crippen LogP) is 4.55. The number of hydrogen-bond acceptors (Lipinski definition) is 4. The molecule has 0 spiro atoms. The number of aryl methyl sites for hydroxylation is 1. The Morgan fingerprint density at radius 3 is 2.58 bits per heavy atom. The van der Waals surface area contributed by atoms with E-state index in [2.05, 4.69) is 15.7 Å². The third-order valence-electron chi connectivity index (χ3n) is 5.74. The second-order valence-electron chi connectivity index (χ2n) is 7.99. The summed E-state index contributed by atoms with van der Waals surface area (Å²) < 4.78 is 1.43. The summed E-state index contributed by atoms with van der Waals surface area (Å²) in [4.78, 5) is 24.2. The Morgan fingerprint density at radius 1 is 1.16 bits per heavy atom. The summed E-state index contributed by atoms with van der Waals surface area (Å²) in [6, 6.07) is 14.4. The van der Waals surface area contributed by atoms with E-state index < -0.39 is 0 Å². The van der Waals surface area contributed by atoms with Crippen LogP contribution in [0.3, 0.4) is 0 Å². The Morgan fingerprint density at radius 2 is 1.94 bits per heavy atom. The molecule has 0 aliphatic heterocycles. The molecule has 1 fully saturated rings. The number of phenols is 1. The quantitative estimate of drug-likeness (QED) is 0.566. The molecular formula is C24H26N4O3. The van der Waals surface area contributed by atoms with Crippen molar-refractivity contribution in [1.29, 1.82) is 0 Å². The molecule has 7 nitrogen and oxygen atoms in total. The number of nitrogens with zero attached hydrogens (tertiary/aromatic N) is 2. The summed E-state index contributed by atoms with van der Waals surface area (Å²) in [6.07, 6.45) is 3.17. The molecule has 0 unspecified atom stereocenters. The number of amides is 2. The number of aromatic hydroxyl groups is 1. The van der Waals surface area contributed by atoms with Crippen LogP contribution in [0.5, 0.6) is 5.75 Å². The molecule has 4 rings (SSSR count). The predicted molar refractivity (Wildman–Crippen MR) is 119 cm³/mol. The van der Waals surface area contributed by atoms with E-state index in [0.717, 1.165) is 36.1 Å². The summed E-state index contributed by atoms with van der Waals surface area (Å²) in [5.74, 6) is 0.0663. The maximum Gasteiger partial charge on any atom is 0.342 e. The fraction of sp³-hybridized carbons (Fsp3) is 0.292. The Bertz CT molecular complexity index is 1130. The van der Waals surface area contributed by atoms with E-state index in [1.165, 1.54) is 17.7 Å². The van der Waals surface area contributed by atoms with Crippen molar-refractivity contribution < 1.29 is 14.7 Å². The summed E-state index contributed by atoms with van der Waals surface area (Å²) in [6.45, 7) is 3.84. The fourth-order valence-corrected chi connectivity index (χ4v) is 3.77. The number of aromatic nitrogens is 2. The monoisotopic (exact) mass is 418 g/mol. The lowest BCUT2D eigenvalue weighted by molar-refractivity contribution is -0.114. The first-order valence-corrected chi connectivity index (χ1v) is 10.5. The zero-order chi connectivity index (χ0) is 22.0. The number of benzene rings is 2. The Labute approximate surface area is 181 Å². The number of carbonyl (C=O) groups excluding carboxylic acids is 2. The highest BCUT2D eigenvalue weighted by molar-refractivity contribution is 5.89. The normalized spacial score (nSPS) is 13.5. The molecule has 1 aliphatic rings. The number of phenolic OH excluding ortho intramolecular Hbond substituents is 1. The van der Waals surface area contributed by atoms with Gasteiger partial charge in [-0.05, 0) is 49.1 Å². The van der Waals surface area contributed by atoms with Gasteiger partial charge in [0.1, 0.15) is 5.75 Å². The van der Waals surface area contributed by atoms with Crippen LogP contribution in [0.1, 0.15) is 48.9 Å². The molecule has 3 N–H and O–H groups in total. The average Bonchev–Trinajstić information content (AvgIpc) is 3.10. The molecule has 2 amide bonds. The van der Waals surface area contributed by atoms with E-state index in [-0.39, 0.29) is 23.6 Å². The van der Waals surface area contributed by atoms with Crippen molar-refractivity contribution in [1.82, 2.24) is 15.1 Å². The maximum atomic E-state index is 13.0. The largest absolute Gasteiger partial charge is 0.507 e. The van der Waals surface area contributed by atoms with Crippen LogP contribution in [-0.2, 0) is 11.3 Å².